The van der Waals surface area contributed by atoms with Crippen molar-refractivity contribution in [1.29, 1.82) is 5.26 Å². The fourth-order valence-corrected chi connectivity index (χ4v) is 2.33. The van der Waals surface area contributed by atoms with Gasteiger partial charge in [0.05, 0.1) is 28.5 Å². The molecule has 0 atom stereocenters. The third-order valence-corrected chi connectivity index (χ3v) is 3.36. The maximum absolute atomic E-state index is 12.5. The minimum atomic E-state index is -0.422. The molecule has 23 heavy (non-hydrogen) atoms. The van der Waals surface area contributed by atoms with E-state index in [1.54, 1.807) is 24.3 Å². The summed E-state index contributed by atoms with van der Waals surface area (Å²) in [7, 11) is 0. The van der Waals surface area contributed by atoms with Crippen LogP contribution in [0.4, 0.5) is 11.4 Å². The number of aromatic nitrogens is 4. The van der Waals surface area contributed by atoms with E-state index in [-0.39, 0.29) is 11.4 Å². The highest BCUT2D eigenvalue weighted by molar-refractivity contribution is 6.52. The average molecular weight is 301 g/mol. The number of rotatable bonds is 2. The molecule has 108 valence electrons. The minimum absolute atomic E-state index is 0.176. The van der Waals surface area contributed by atoms with E-state index >= 15 is 0 Å². The molecule has 1 aromatic carbocycles. The molecule has 2 aromatic heterocycles. The Labute approximate surface area is 129 Å². The van der Waals surface area contributed by atoms with Crippen LogP contribution in [0.5, 0.6) is 0 Å². The van der Waals surface area contributed by atoms with Crippen molar-refractivity contribution in [3.05, 3.63) is 47.9 Å². The van der Waals surface area contributed by atoms with E-state index in [0.717, 1.165) is 0 Å². The number of anilines is 1. The highest BCUT2D eigenvalue weighted by Gasteiger charge is 2.26. The van der Waals surface area contributed by atoms with Crippen LogP contribution in [0.1, 0.15) is 11.4 Å². The molecule has 1 amide bonds. The molecular weight excluding hydrogens is 294 g/mol. The molecule has 0 saturated heterocycles. The lowest BCUT2D eigenvalue weighted by Gasteiger charge is -2.04. The van der Waals surface area contributed by atoms with Crippen LogP contribution in [-0.4, -0.2) is 32.0 Å². The molecule has 0 radical (unpaired) electrons. The van der Waals surface area contributed by atoms with Crippen molar-refractivity contribution in [3.63, 3.8) is 0 Å². The van der Waals surface area contributed by atoms with Crippen LogP contribution in [0, 0.1) is 11.3 Å². The molecule has 1 aliphatic rings. The number of benzene rings is 1. The predicted molar refractivity (Wildman–Crippen MR) is 81.1 cm³/mol. The smallest absolute Gasteiger partial charge is 0.276 e. The fraction of sp³-hybridized carbons (Fsp3) is 0. The van der Waals surface area contributed by atoms with Crippen LogP contribution < -0.4 is 5.32 Å². The maximum atomic E-state index is 12.5. The van der Waals surface area contributed by atoms with E-state index in [1.807, 2.05) is 6.07 Å². The number of nitriles is 1. The molecular formula is C15H7N7O. The van der Waals surface area contributed by atoms with Crippen molar-refractivity contribution in [2.45, 2.75) is 0 Å². The number of nitrogens with zero attached hydrogens (tertiary/aromatic N) is 6. The first-order chi connectivity index (χ1) is 11.3. The van der Waals surface area contributed by atoms with Crippen LogP contribution in [0.3, 0.4) is 0 Å². The molecule has 0 unspecified atom stereocenters. The Hall–Kier alpha value is -3.73. The standard InChI is InChI=1S/C15H7N7O/c16-6-8-4-5-9(7-17-8)18-15(23)14-13-12-10(19-14)2-1-3-11(12)20-22-21-13/h1-5,7H,(H,18,23). The van der Waals surface area contributed by atoms with Crippen LogP contribution in [0.2, 0.25) is 0 Å². The second kappa shape index (κ2) is 4.92. The van der Waals surface area contributed by atoms with Crippen molar-refractivity contribution in [3.8, 4) is 6.07 Å². The van der Waals surface area contributed by atoms with Gasteiger partial charge in [-0.25, -0.2) is 9.98 Å². The Balaban J connectivity index is 1.68. The van der Waals surface area contributed by atoms with E-state index < -0.39 is 5.91 Å². The Morgan fingerprint density at radius 1 is 1.17 bits per heavy atom. The second-order valence-electron chi connectivity index (χ2n) is 4.77. The summed E-state index contributed by atoms with van der Waals surface area (Å²) < 4.78 is 0. The molecule has 3 aromatic rings. The number of carbonyl (C=O) groups is 1. The van der Waals surface area contributed by atoms with Gasteiger partial charge in [-0.1, -0.05) is 6.07 Å². The first-order valence-electron chi connectivity index (χ1n) is 6.65. The number of aliphatic imine (C=N–C) groups is 1. The lowest BCUT2D eigenvalue weighted by molar-refractivity contribution is -0.110. The zero-order chi connectivity index (χ0) is 15.8. The van der Waals surface area contributed by atoms with Crippen LogP contribution in [0.15, 0.2) is 41.5 Å². The summed E-state index contributed by atoms with van der Waals surface area (Å²) in [6.45, 7) is 0. The van der Waals surface area contributed by atoms with Crippen LogP contribution >= 0.6 is 0 Å². The van der Waals surface area contributed by atoms with Crippen molar-refractivity contribution < 1.29 is 4.79 Å². The van der Waals surface area contributed by atoms with Gasteiger partial charge in [0, 0.05) is 0 Å². The highest BCUT2D eigenvalue weighted by atomic mass is 16.1. The SMILES string of the molecule is N#Cc1ccc(NC(=O)C2=Nc3cccc4nnnc2c34)cn1. The summed E-state index contributed by atoms with van der Waals surface area (Å²) in [6, 6.07) is 10.4. The largest absolute Gasteiger partial charge is 0.319 e. The fourth-order valence-electron chi connectivity index (χ4n) is 2.33. The summed E-state index contributed by atoms with van der Waals surface area (Å²) in [5.74, 6) is -0.422. The number of carbonyl (C=O) groups excluding carboxylic acids is 1. The molecule has 1 aliphatic heterocycles. The van der Waals surface area contributed by atoms with Gasteiger partial charge in [0.25, 0.3) is 5.91 Å². The van der Waals surface area contributed by atoms with Crippen LogP contribution in [0.25, 0.3) is 10.9 Å². The summed E-state index contributed by atoms with van der Waals surface area (Å²) in [5, 5.41) is 23.7. The Kier molecular flexibility index (Phi) is 2.78. The Morgan fingerprint density at radius 3 is 2.87 bits per heavy atom. The van der Waals surface area contributed by atoms with Crippen molar-refractivity contribution in [2.75, 3.05) is 5.32 Å². The zero-order valence-electron chi connectivity index (χ0n) is 11.6. The molecule has 0 fully saturated rings. The Morgan fingerprint density at radius 2 is 2.09 bits per heavy atom. The summed E-state index contributed by atoms with van der Waals surface area (Å²) in [5.41, 5.74) is 2.60. The zero-order valence-corrected chi connectivity index (χ0v) is 11.6. The van der Waals surface area contributed by atoms with Gasteiger partial charge in [-0.3, -0.25) is 4.79 Å². The van der Waals surface area contributed by atoms with Gasteiger partial charge in [-0.2, -0.15) is 5.26 Å². The van der Waals surface area contributed by atoms with Crippen molar-refractivity contribution in [2.24, 2.45) is 4.99 Å². The molecule has 0 saturated carbocycles. The number of nitrogens with one attached hydrogen (secondary N) is 1. The van der Waals surface area contributed by atoms with Gasteiger partial charge in [0.15, 0.2) is 5.71 Å². The maximum Gasteiger partial charge on any atom is 0.276 e. The van der Waals surface area contributed by atoms with Gasteiger partial charge < -0.3 is 5.32 Å². The van der Waals surface area contributed by atoms with Crippen LogP contribution in [-0.2, 0) is 4.79 Å². The minimum Gasteiger partial charge on any atom is -0.319 e. The van der Waals surface area contributed by atoms with Crippen molar-refractivity contribution in [1.82, 2.24) is 20.4 Å². The van der Waals surface area contributed by atoms with Gasteiger partial charge in [-0.05, 0) is 29.5 Å². The molecule has 4 rings (SSSR count). The predicted octanol–water partition coefficient (Wildman–Crippen LogP) is 1.36. The van der Waals surface area contributed by atoms with E-state index in [4.69, 9.17) is 5.26 Å². The average Bonchev–Trinajstić information content (AvgIpc) is 2.97. The molecule has 3 heterocycles. The van der Waals surface area contributed by atoms with E-state index in [9.17, 15) is 4.79 Å². The quantitative estimate of drug-likeness (QED) is 0.763. The molecule has 0 spiro atoms. The second-order valence-corrected chi connectivity index (χ2v) is 4.77. The van der Waals surface area contributed by atoms with Gasteiger partial charge in [-0.15, -0.1) is 10.2 Å². The third-order valence-electron chi connectivity index (χ3n) is 3.36. The normalized spacial score (nSPS) is 11.9. The van der Waals surface area contributed by atoms with Gasteiger partial charge in [0.2, 0.25) is 0 Å². The first kappa shape index (κ1) is 13.0. The molecule has 1 N–H and O–H groups in total. The van der Waals surface area contributed by atoms with Crippen molar-refractivity contribution >= 4 is 33.9 Å². The number of amides is 1. The molecule has 8 nitrogen and oxygen atoms in total. The molecule has 0 bridgehead atoms. The van der Waals surface area contributed by atoms with E-state index in [0.29, 0.717) is 28.0 Å². The van der Waals surface area contributed by atoms with E-state index in [2.05, 4.69) is 30.7 Å². The molecule has 8 heteroatoms. The number of pyridine rings is 1. The number of hydrogen-bond donors (Lipinski definition) is 1. The van der Waals surface area contributed by atoms with Gasteiger partial charge >= 0.3 is 0 Å². The Bertz CT molecular complexity index is 1010. The third kappa shape index (κ3) is 2.08. The topological polar surface area (TPSA) is 117 Å². The number of hydrogen-bond acceptors (Lipinski definition) is 7. The summed E-state index contributed by atoms with van der Waals surface area (Å²) in [6.07, 6.45) is 1.41. The summed E-state index contributed by atoms with van der Waals surface area (Å²) >= 11 is 0. The lowest BCUT2D eigenvalue weighted by Crippen LogP contribution is -2.24. The van der Waals surface area contributed by atoms with Gasteiger partial charge in [0.1, 0.15) is 17.5 Å². The lowest BCUT2D eigenvalue weighted by atomic mass is 10.1. The highest BCUT2D eigenvalue weighted by Crippen LogP contribution is 2.32. The monoisotopic (exact) mass is 301 g/mol. The summed E-state index contributed by atoms with van der Waals surface area (Å²) in [4.78, 5) is 20.7. The first-order valence-corrected chi connectivity index (χ1v) is 6.65. The molecule has 0 aliphatic carbocycles. The van der Waals surface area contributed by atoms with E-state index in [1.165, 1.54) is 12.3 Å².